The summed E-state index contributed by atoms with van der Waals surface area (Å²) in [6.45, 7) is 2.21. The fourth-order valence-electron chi connectivity index (χ4n) is 1.54. The lowest BCUT2D eigenvalue weighted by Crippen LogP contribution is -2.38. The van der Waals surface area contributed by atoms with Gasteiger partial charge >= 0.3 is 6.02 Å². The molecule has 17 heavy (non-hydrogen) atoms. The number of thioether (sulfide) groups is 1. The molecule has 7 heteroatoms. The summed E-state index contributed by atoms with van der Waals surface area (Å²) in [5, 5.41) is 8.59. The second-order valence-corrected chi connectivity index (χ2v) is 5.58. The molecule has 0 atom stereocenters. The van der Waals surface area contributed by atoms with Crippen LogP contribution in [0.15, 0.2) is 15.5 Å². The van der Waals surface area contributed by atoms with Gasteiger partial charge in [0.05, 0.1) is 13.2 Å². The van der Waals surface area contributed by atoms with Gasteiger partial charge in [0, 0.05) is 17.6 Å². The number of aromatic nitrogens is 1. The van der Waals surface area contributed by atoms with Gasteiger partial charge in [-0.1, -0.05) is 11.8 Å². The molecule has 1 aliphatic heterocycles. The van der Waals surface area contributed by atoms with Crippen LogP contribution in [0.2, 0.25) is 0 Å². The van der Waals surface area contributed by atoms with Crippen molar-refractivity contribution >= 4 is 29.1 Å². The largest absolute Gasteiger partial charge is 0.464 e. The summed E-state index contributed by atoms with van der Waals surface area (Å²) in [7, 11) is 0. The zero-order valence-electron chi connectivity index (χ0n) is 9.42. The van der Waals surface area contributed by atoms with Crippen LogP contribution in [0.25, 0.3) is 0 Å². The topological polar surface area (TPSA) is 61.5 Å². The van der Waals surface area contributed by atoms with Crippen LogP contribution in [-0.2, 0) is 11.3 Å². The summed E-state index contributed by atoms with van der Waals surface area (Å²) in [4.78, 5) is 11.1. The SMILES string of the molecule is CSc1ncc(CN2CCCOC2=NC#N)s1. The van der Waals surface area contributed by atoms with E-state index in [4.69, 9.17) is 10.00 Å². The van der Waals surface area contributed by atoms with Crippen molar-refractivity contribution < 1.29 is 4.74 Å². The lowest BCUT2D eigenvalue weighted by molar-refractivity contribution is 0.171. The summed E-state index contributed by atoms with van der Waals surface area (Å²) in [6, 6.07) is 0.429. The van der Waals surface area contributed by atoms with Gasteiger partial charge in [0.1, 0.15) is 4.34 Å². The molecule has 1 aliphatic rings. The minimum Gasteiger partial charge on any atom is -0.464 e. The molecule has 1 aromatic heterocycles. The smallest absolute Gasteiger partial charge is 0.303 e. The zero-order chi connectivity index (χ0) is 12.1. The van der Waals surface area contributed by atoms with Crippen LogP contribution in [0.5, 0.6) is 0 Å². The van der Waals surface area contributed by atoms with Gasteiger partial charge in [-0.05, 0) is 12.7 Å². The minimum atomic E-state index is 0.429. The van der Waals surface area contributed by atoms with Crippen LogP contribution in [0.4, 0.5) is 0 Å². The first-order valence-corrected chi connectivity index (χ1v) is 7.21. The van der Waals surface area contributed by atoms with E-state index in [9.17, 15) is 0 Å². The molecule has 1 fully saturated rings. The van der Waals surface area contributed by atoms with Gasteiger partial charge in [0.25, 0.3) is 0 Å². The Morgan fingerprint density at radius 3 is 3.35 bits per heavy atom. The molecule has 1 aromatic rings. The van der Waals surface area contributed by atoms with E-state index < -0.39 is 0 Å². The Morgan fingerprint density at radius 1 is 1.76 bits per heavy atom. The summed E-state index contributed by atoms with van der Waals surface area (Å²) in [5.41, 5.74) is 0. The van der Waals surface area contributed by atoms with Gasteiger partial charge in [-0.25, -0.2) is 4.98 Å². The molecule has 0 radical (unpaired) electrons. The van der Waals surface area contributed by atoms with Gasteiger partial charge < -0.3 is 9.64 Å². The minimum absolute atomic E-state index is 0.429. The van der Waals surface area contributed by atoms with Gasteiger partial charge in [0.2, 0.25) is 6.19 Å². The van der Waals surface area contributed by atoms with Crippen molar-refractivity contribution in [1.29, 1.82) is 5.26 Å². The van der Waals surface area contributed by atoms with Crippen LogP contribution >= 0.6 is 23.1 Å². The van der Waals surface area contributed by atoms with Gasteiger partial charge in [-0.15, -0.1) is 16.3 Å². The molecule has 2 heterocycles. The van der Waals surface area contributed by atoms with Crippen LogP contribution in [0, 0.1) is 11.5 Å². The molecule has 0 unspecified atom stereocenters. The fourth-order valence-corrected chi connectivity index (χ4v) is 3.01. The number of amidine groups is 1. The van der Waals surface area contributed by atoms with Crippen LogP contribution < -0.4 is 0 Å². The normalized spacial score (nSPS) is 17.9. The highest BCUT2D eigenvalue weighted by atomic mass is 32.2. The molecule has 5 nitrogen and oxygen atoms in total. The van der Waals surface area contributed by atoms with E-state index in [0.29, 0.717) is 19.2 Å². The number of aliphatic imine (C=N–C) groups is 1. The van der Waals surface area contributed by atoms with Crippen molar-refractivity contribution in [3.05, 3.63) is 11.1 Å². The van der Waals surface area contributed by atoms with Crippen molar-refractivity contribution in [1.82, 2.24) is 9.88 Å². The molecule has 0 amide bonds. The zero-order valence-corrected chi connectivity index (χ0v) is 11.1. The van der Waals surface area contributed by atoms with Crippen molar-refractivity contribution in [3.8, 4) is 6.19 Å². The van der Waals surface area contributed by atoms with Crippen LogP contribution in [-0.4, -0.2) is 35.3 Å². The number of nitriles is 1. The average molecular weight is 268 g/mol. The summed E-state index contributed by atoms with van der Waals surface area (Å²) in [5.74, 6) is 0. The van der Waals surface area contributed by atoms with Crippen molar-refractivity contribution in [2.75, 3.05) is 19.4 Å². The molecular weight excluding hydrogens is 256 g/mol. The standard InChI is InChI=1S/C10H12N4OS2/c1-16-10-12-5-8(17-10)6-14-3-2-4-15-9(14)13-7-11/h5H,2-4,6H2,1H3. The Hall–Kier alpha value is -1.26. The Morgan fingerprint density at radius 2 is 2.65 bits per heavy atom. The molecule has 2 rings (SSSR count). The Labute approximate surface area is 108 Å². The maximum atomic E-state index is 8.59. The monoisotopic (exact) mass is 268 g/mol. The lowest BCUT2D eigenvalue weighted by atomic mass is 10.3. The third-order valence-electron chi connectivity index (χ3n) is 2.27. The molecule has 0 spiro atoms. The van der Waals surface area contributed by atoms with Gasteiger partial charge in [-0.3, -0.25) is 0 Å². The number of ether oxygens (including phenoxy) is 1. The molecule has 0 aliphatic carbocycles. The average Bonchev–Trinajstić information content (AvgIpc) is 2.80. The predicted octanol–water partition coefficient (Wildman–Crippen LogP) is 1.92. The Bertz CT molecular complexity index is 451. The number of rotatable bonds is 3. The van der Waals surface area contributed by atoms with E-state index in [1.807, 2.05) is 17.4 Å². The highest BCUT2D eigenvalue weighted by molar-refractivity contribution is 8.00. The highest BCUT2D eigenvalue weighted by Crippen LogP contribution is 2.23. The second-order valence-electron chi connectivity index (χ2n) is 3.41. The maximum absolute atomic E-state index is 8.59. The third kappa shape index (κ3) is 3.11. The molecule has 1 saturated heterocycles. The summed E-state index contributed by atoms with van der Waals surface area (Å²) in [6.07, 6.45) is 6.61. The van der Waals surface area contributed by atoms with E-state index in [-0.39, 0.29) is 0 Å². The molecule has 0 bridgehead atoms. The van der Waals surface area contributed by atoms with Crippen LogP contribution in [0.1, 0.15) is 11.3 Å². The van der Waals surface area contributed by atoms with Crippen molar-refractivity contribution in [2.24, 2.45) is 4.99 Å². The lowest BCUT2D eigenvalue weighted by Gasteiger charge is -2.28. The molecular formula is C10H12N4OS2. The first-order chi connectivity index (χ1) is 8.33. The van der Waals surface area contributed by atoms with Gasteiger partial charge in [-0.2, -0.15) is 5.26 Å². The molecule has 0 N–H and O–H groups in total. The summed E-state index contributed by atoms with van der Waals surface area (Å²) < 4.78 is 6.42. The molecule has 90 valence electrons. The van der Waals surface area contributed by atoms with Gasteiger partial charge in [0.15, 0.2) is 0 Å². The third-order valence-corrected chi connectivity index (χ3v) is 4.25. The fraction of sp³-hybridized carbons (Fsp3) is 0.500. The Balaban J connectivity index is 2.05. The number of hydrogen-bond donors (Lipinski definition) is 0. The molecule has 0 saturated carbocycles. The van der Waals surface area contributed by atoms with Crippen molar-refractivity contribution in [3.63, 3.8) is 0 Å². The van der Waals surface area contributed by atoms with E-state index in [2.05, 4.69) is 9.98 Å². The quantitative estimate of drug-likeness (QED) is 0.619. The second kappa shape index (κ2) is 5.89. The van der Waals surface area contributed by atoms with E-state index >= 15 is 0 Å². The summed E-state index contributed by atoms with van der Waals surface area (Å²) >= 11 is 3.30. The van der Waals surface area contributed by atoms with Crippen molar-refractivity contribution in [2.45, 2.75) is 17.3 Å². The predicted molar refractivity (Wildman–Crippen MR) is 67.9 cm³/mol. The maximum Gasteiger partial charge on any atom is 0.303 e. The van der Waals surface area contributed by atoms with E-state index in [0.717, 1.165) is 22.2 Å². The Kier molecular flexibility index (Phi) is 4.23. The number of nitrogens with zero attached hydrogens (tertiary/aromatic N) is 4. The van der Waals surface area contributed by atoms with E-state index in [1.54, 1.807) is 29.3 Å². The molecule has 0 aromatic carbocycles. The van der Waals surface area contributed by atoms with E-state index in [1.165, 1.54) is 0 Å². The van der Waals surface area contributed by atoms with Crippen LogP contribution in [0.3, 0.4) is 0 Å². The number of thiazole rings is 1. The first-order valence-electron chi connectivity index (χ1n) is 5.16. The first kappa shape index (κ1) is 12.2. The highest BCUT2D eigenvalue weighted by Gasteiger charge is 2.19. The number of hydrogen-bond acceptors (Lipinski definition) is 6.